The Balaban J connectivity index is 1.74. The number of hydrogen-bond donors (Lipinski definition) is 2. The standard InChI is InChI=1S/C18H19F3N2O4/c19-18(20,21)14-9-23(8-13(14)16(25)26)17(27)22-11-6-5-10-3-1-2-4-15(24)12(10)7-11/h5-7,13-14H,1-4,8-9H2,(H,22,27)(H,25,26)/t13-,14-/m1/s1. The second-order valence-electron chi connectivity index (χ2n) is 6.93. The van der Waals surface area contributed by atoms with E-state index >= 15 is 0 Å². The van der Waals surface area contributed by atoms with Crippen LogP contribution in [-0.4, -0.2) is 47.1 Å². The fourth-order valence-electron chi connectivity index (χ4n) is 3.62. The summed E-state index contributed by atoms with van der Waals surface area (Å²) in [6.45, 7) is -1.23. The number of likely N-dealkylation sites (tertiary alicyclic amines) is 1. The number of benzene rings is 1. The molecule has 2 atom stereocenters. The Bertz CT molecular complexity index is 778. The molecule has 0 aromatic heterocycles. The first-order valence-corrected chi connectivity index (χ1v) is 8.68. The van der Waals surface area contributed by atoms with E-state index in [-0.39, 0.29) is 5.78 Å². The lowest BCUT2D eigenvalue weighted by atomic mass is 9.96. The van der Waals surface area contributed by atoms with Gasteiger partial charge in [0.2, 0.25) is 0 Å². The van der Waals surface area contributed by atoms with E-state index in [2.05, 4.69) is 5.32 Å². The van der Waals surface area contributed by atoms with Crippen molar-refractivity contribution in [2.45, 2.75) is 31.9 Å². The van der Waals surface area contributed by atoms with Gasteiger partial charge < -0.3 is 15.3 Å². The van der Waals surface area contributed by atoms with E-state index < -0.39 is 43.1 Å². The number of carboxylic acid groups (broad SMARTS) is 1. The van der Waals surface area contributed by atoms with E-state index in [0.717, 1.165) is 29.7 Å². The number of rotatable bonds is 2. The van der Waals surface area contributed by atoms with Crippen molar-refractivity contribution >= 4 is 23.5 Å². The largest absolute Gasteiger partial charge is 0.481 e. The third-order valence-corrected chi connectivity index (χ3v) is 5.11. The Morgan fingerprint density at radius 2 is 1.85 bits per heavy atom. The summed E-state index contributed by atoms with van der Waals surface area (Å²) in [5.74, 6) is -5.40. The van der Waals surface area contributed by atoms with Crippen LogP contribution >= 0.6 is 0 Å². The van der Waals surface area contributed by atoms with Gasteiger partial charge in [0.05, 0.1) is 11.8 Å². The molecular formula is C18H19F3N2O4. The predicted molar refractivity (Wildman–Crippen MR) is 89.6 cm³/mol. The summed E-state index contributed by atoms with van der Waals surface area (Å²) < 4.78 is 39.1. The quantitative estimate of drug-likeness (QED) is 0.766. The molecule has 1 aliphatic heterocycles. The number of carbonyl (C=O) groups excluding carboxylic acids is 2. The lowest BCUT2D eigenvalue weighted by Crippen LogP contribution is -2.35. The lowest BCUT2D eigenvalue weighted by Gasteiger charge is -2.19. The second-order valence-corrected chi connectivity index (χ2v) is 6.93. The highest BCUT2D eigenvalue weighted by molar-refractivity contribution is 6.00. The highest BCUT2D eigenvalue weighted by Crippen LogP contribution is 2.38. The van der Waals surface area contributed by atoms with E-state index in [4.69, 9.17) is 5.11 Å². The maximum Gasteiger partial charge on any atom is 0.394 e. The Morgan fingerprint density at radius 1 is 1.15 bits per heavy atom. The number of carboxylic acids is 1. The molecule has 1 fully saturated rings. The number of hydrogen-bond acceptors (Lipinski definition) is 3. The van der Waals surface area contributed by atoms with Crippen LogP contribution in [0.5, 0.6) is 0 Å². The maximum atomic E-state index is 13.0. The smallest absolute Gasteiger partial charge is 0.394 e. The summed E-state index contributed by atoms with van der Waals surface area (Å²) in [5.41, 5.74) is 1.71. The molecule has 6 nitrogen and oxygen atoms in total. The zero-order valence-corrected chi connectivity index (χ0v) is 14.4. The van der Waals surface area contributed by atoms with E-state index in [1.807, 2.05) is 0 Å². The van der Waals surface area contributed by atoms with E-state index in [9.17, 15) is 27.6 Å². The molecule has 1 aliphatic carbocycles. The van der Waals surface area contributed by atoms with Gasteiger partial charge in [0.1, 0.15) is 0 Å². The molecule has 146 valence electrons. The minimum absolute atomic E-state index is 0.0251. The van der Waals surface area contributed by atoms with Crippen LogP contribution < -0.4 is 5.32 Å². The highest BCUT2D eigenvalue weighted by atomic mass is 19.4. The summed E-state index contributed by atoms with van der Waals surface area (Å²) >= 11 is 0. The molecule has 27 heavy (non-hydrogen) atoms. The van der Waals surface area contributed by atoms with Crippen LogP contribution in [0.2, 0.25) is 0 Å². The first-order chi connectivity index (χ1) is 12.7. The number of amides is 2. The van der Waals surface area contributed by atoms with E-state index in [0.29, 0.717) is 17.7 Å². The maximum absolute atomic E-state index is 13.0. The zero-order valence-electron chi connectivity index (χ0n) is 14.4. The molecule has 1 heterocycles. The van der Waals surface area contributed by atoms with Crippen molar-refractivity contribution < 1.29 is 32.7 Å². The van der Waals surface area contributed by atoms with Crippen molar-refractivity contribution in [2.75, 3.05) is 18.4 Å². The van der Waals surface area contributed by atoms with Gasteiger partial charge in [0, 0.05) is 30.8 Å². The molecule has 2 amide bonds. The normalized spacial score (nSPS) is 22.9. The van der Waals surface area contributed by atoms with Gasteiger partial charge in [-0.05, 0) is 37.0 Å². The van der Waals surface area contributed by atoms with Crippen LogP contribution in [0.3, 0.4) is 0 Å². The molecule has 1 saturated heterocycles. The number of fused-ring (bicyclic) bond motifs is 1. The molecule has 2 aliphatic rings. The fourth-order valence-corrected chi connectivity index (χ4v) is 3.62. The van der Waals surface area contributed by atoms with Crippen LogP contribution in [0.1, 0.15) is 35.2 Å². The van der Waals surface area contributed by atoms with Crippen molar-refractivity contribution in [3.63, 3.8) is 0 Å². The van der Waals surface area contributed by atoms with Crippen molar-refractivity contribution in [1.29, 1.82) is 0 Å². The van der Waals surface area contributed by atoms with Crippen LogP contribution in [0.4, 0.5) is 23.7 Å². The second kappa shape index (κ2) is 7.21. The minimum Gasteiger partial charge on any atom is -0.481 e. The number of aliphatic carboxylic acids is 1. The summed E-state index contributed by atoms with van der Waals surface area (Å²) in [6, 6.07) is 4.05. The zero-order chi connectivity index (χ0) is 19.8. The molecule has 0 unspecified atom stereocenters. The van der Waals surface area contributed by atoms with Gasteiger partial charge >= 0.3 is 18.2 Å². The van der Waals surface area contributed by atoms with Gasteiger partial charge in [0.15, 0.2) is 5.78 Å². The average molecular weight is 384 g/mol. The van der Waals surface area contributed by atoms with Crippen LogP contribution in [0, 0.1) is 11.8 Å². The van der Waals surface area contributed by atoms with Crippen molar-refractivity contribution in [1.82, 2.24) is 4.90 Å². The highest BCUT2D eigenvalue weighted by Gasteiger charge is 2.53. The Hall–Kier alpha value is -2.58. The minimum atomic E-state index is -4.70. The molecule has 3 rings (SSSR count). The van der Waals surface area contributed by atoms with Crippen LogP contribution in [-0.2, 0) is 11.2 Å². The molecule has 0 bridgehead atoms. The van der Waals surface area contributed by atoms with E-state index in [1.165, 1.54) is 6.07 Å². The summed E-state index contributed by atoms with van der Waals surface area (Å²) in [6.07, 6.45) is -1.83. The van der Waals surface area contributed by atoms with Crippen LogP contribution in [0.15, 0.2) is 18.2 Å². The Morgan fingerprint density at radius 3 is 2.48 bits per heavy atom. The number of alkyl halides is 3. The van der Waals surface area contributed by atoms with Gasteiger partial charge in [-0.25, -0.2) is 4.79 Å². The molecule has 0 saturated carbocycles. The van der Waals surface area contributed by atoms with Gasteiger partial charge in [-0.3, -0.25) is 9.59 Å². The number of Topliss-reactive ketones (excluding diaryl/α,β-unsaturated/α-hetero) is 1. The number of anilines is 1. The van der Waals surface area contributed by atoms with Gasteiger partial charge in [-0.2, -0.15) is 13.2 Å². The first kappa shape index (κ1) is 19.2. The van der Waals surface area contributed by atoms with E-state index in [1.54, 1.807) is 12.1 Å². The number of carbonyl (C=O) groups is 3. The lowest BCUT2D eigenvalue weighted by molar-refractivity contribution is -0.187. The number of ketones is 1. The molecule has 1 aromatic carbocycles. The predicted octanol–water partition coefficient (Wildman–Crippen LogP) is 3.32. The SMILES string of the molecule is O=C1CCCCc2ccc(NC(=O)N3C[C@@H](C(F)(F)F)[C@H](C(=O)O)C3)cc21. The molecule has 9 heteroatoms. The Labute approximate surface area is 153 Å². The number of urea groups is 1. The topological polar surface area (TPSA) is 86.7 Å². The Kier molecular flexibility index (Phi) is 5.12. The van der Waals surface area contributed by atoms with Gasteiger partial charge in [-0.1, -0.05) is 6.07 Å². The van der Waals surface area contributed by atoms with Crippen molar-refractivity contribution in [3.05, 3.63) is 29.3 Å². The average Bonchev–Trinajstić information content (AvgIpc) is 2.98. The van der Waals surface area contributed by atoms with Crippen molar-refractivity contribution in [2.24, 2.45) is 11.8 Å². The number of halogens is 3. The molecule has 1 aromatic rings. The number of nitrogens with zero attached hydrogens (tertiary/aromatic N) is 1. The number of nitrogens with one attached hydrogen (secondary N) is 1. The molecule has 0 radical (unpaired) electrons. The fraction of sp³-hybridized carbons (Fsp3) is 0.500. The molecule has 0 spiro atoms. The van der Waals surface area contributed by atoms with Gasteiger partial charge in [0.25, 0.3) is 0 Å². The number of aryl methyl sites for hydroxylation is 1. The van der Waals surface area contributed by atoms with Gasteiger partial charge in [-0.15, -0.1) is 0 Å². The summed E-state index contributed by atoms with van der Waals surface area (Å²) in [4.78, 5) is 36.5. The summed E-state index contributed by atoms with van der Waals surface area (Å²) in [7, 11) is 0. The summed E-state index contributed by atoms with van der Waals surface area (Å²) in [5, 5.41) is 11.5. The third-order valence-electron chi connectivity index (χ3n) is 5.11. The third kappa shape index (κ3) is 4.06. The van der Waals surface area contributed by atoms with Crippen molar-refractivity contribution in [3.8, 4) is 0 Å². The van der Waals surface area contributed by atoms with Crippen LogP contribution in [0.25, 0.3) is 0 Å². The molecule has 2 N–H and O–H groups in total. The molecular weight excluding hydrogens is 365 g/mol. The monoisotopic (exact) mass is 384 g/mol. The first-order valence-electron chi connectivity index (χ1n) is 8.68.